The Morgan fingerprint density at radius 3 is 2.95 bits per heavy atom. The van der Waals surface area contributed by atoms with Gasteiger partial charge in [0.05, 0.1) is 0 Å². The molecule has 0 bridgehead atoms. The Hall–Kier alpha value is -0.340. The second-order valence-corrected chi connectivity index (χ2v) is 6.23. The van der Waals surface area contributed by atoms with Crippen molar-refractivity contribution in [2.24, 2.45) is 16.1 Å². The van der Waals surface area contributed by atoms with Crippen molar-refractivity contribution in [2.75, 3.05) is 26.8 Å². The van der Waals surface area contributed by atoms with E-state index < -0.39 is 0 Å². The summed E-state index contributed by atoms with van der Waals surface area (Å²) in [5.74, 6) is 0.570. The molecule has 6 heteroatoms. The van der Waals surface area contributed by atoms with Crippen LogP contribution in [0, 0.1) is 5.41 Å². The fourth-order valence-electron chi connectivity index (χ4n) is 2.06. The predicted octanol–water partition coefficient (Wildman–Crippen LogP) is 2.63. The molecule has 1 heterocycles. The van der Waals surface area contributed by atoms with Gasteiger partial charge in [-0.2, -0.15) is 0 Å². The highest BCUT2D eigenvalue weighted by Gasteiger charge is 2.41. The van der Waals surface area contributed by atoms with Crippen LogP contribution < -0.4 is 11.1 Å². The van der Waals surface area contributed by atoms with Crippen LogP contribution in [0.15, 0.2) is 22.5 Å². The quantitative estimate of drug-likeness (QED) is 0.394. The van der Waals surface area contributed by atoms with Gasteiger partial charge < -0.3 is 15.8 Å². The number of methoxy groups -OCH3 is 1. The highest BCUT2D eigenvalue weighted by molar-refractivity contribution is 14.0. The molecule has 0 saturated heterocycles. The molecule has 0 radical (unpaired) electrons. The van der Waals surface area contributed by atoms with Crippen molar-refractivity contribution in [3.8, 4) is 0 Å². The SMILES string of the molecule is COCCC1(CN=C(N)NCCc2cccs2)CC1.I. The van der Waals surface area contributed by atoms with Crippen molar-refractivity contribution in [3.63, 3.8) is 0 Å². The van der Waals surface area contributed by atoms with Crippen molar-refractivity contribution < 1.29 is 4.74 Å². The van der Waals surface area contributed by atoms with Crippen LogP contribution in [0.5, 0.6) is 0 Å². The van der Waals surface area contributed by atoms with Crippen LogP contribution in [0.2, 0.25) is 0 Å². The number of ether oxygens (including phenoxy) is 1. The molecule has 0 amide bonds. The Labute approximate surface area is 142 Å². The number of hydrogen-bond acceptors (Lipinski definition) is 3. The van der Waals surface area contributed by atoms with Crippen LogP contribution in [-0.4, -0.2) is 32.8 Å². The molecule has 114 valence electrons. The third-order valence-electron chi connectivity index (χ3n) is 3.64. The number of thiophene rings is 1. The summed E-state index contributed by atoms with van der Waals surface area (Å²) in [6.45, 7) is 2.50. The fraction of sp³-hybridized carbons (Fsp3) is 0.643. The molecule has 2 rings (SSSR count). The van der Waals surface area contributed by atoms with Crippen LogP contribution in [0.25, 0.3) is 0 Å². The van der Waals surface area contributed by atoms with Crippen LogP contribution in [-0.2, 0) is 11.2 Å². The van der Waals surface area contributed by atoms with E-state index in [1.807, 2.05) is 0 Å². The normalized spacial score (nSPS) is 16.6. The van der Waals surface area contributed by atoms with Crippen molar-refractivity contribution in [1.82, 2.24) is 5.32 Å². The highest BCUT2D eigenvalue weighted by atomic mass is 127. The van der Waals surface area contributed by atoms with Crippen molar-refractivity contribution in [3.05, 3.63) is 22.4 Å². The van der Waals surface area contributed by atoms with Gasteiger partial charge in [-0.1, -0.05) is 6.07 Å². The topological polar surface area (TPSA) is 59.6 Å². The van der Waals surface area contributed by atoms with E-state index in [0.717, 1.165) is 32.5 Å². The molecule has 1 aromatic rings. The third kappa shape index (κ3) is 5.97. The number of aliphatic imine (C=N–C) groups is 1. The average Bonchev–Trinajstić information content (AvgIpc) is 3.00. The zero-order valence-corrected chi connectivity index (χ0v) is 15.1. The average molecular weight is 409 g/mol. The number of halogens is 1. The molecular formula is C14H24IN3OS. The third-order valence-corrected chi connectivity index (χ3v) is 4.57. The molecule has 4 nitrogen and oxygen atoms in total. The molecule has 1 aromatic heterocycles. The maximum Gasteiger partial charge on any atom is 0.188 e. The van der Waals surface area contributed by atoms with E-state index in [1.165, 1.54) is 17.7 Å². The molecule has 0 spiro atoms. The van der Waals surface area contributed by atoms with Gasteiger partial charge in [-0.3, -0.25) is 4.99 Å². The van der Waals surface area contributed by atoms with Gasteiger partial charge in [-0.25, -0.2) is 0 Å². The lowest BCUT2D eigenvalue weighted by Gasteiger charge is -2.12. The summed E-state index contributed by atoms with van der Waals surface area (Å²) in [5.41, 5.74) is 6.26. The summed E-state index contributed by atoms with van der Waals surface area (Å²) in [4.78, 5) is 5.84. The van der Waals surface area contributed by atoms with Crippen LogP contribution in [0.4, 0.5) is 0 Å². The Bertz CT molecular complexity index is 405. The van der Waals surface area contributed by atoms with E-state index in [2.05, 4.69) is 27.8 Å². The first-order valence-electron chi connectivity index (χ1n) is 6.79. The smallest absolute Gasteiger partial charge is 0.188 e. The molecule has 20 heavy (non-hydrogen) atoms. The number of nitrogens with zero attached hydrogens (tertiary/aromatic N) is 1. The van der Waals surface area contributed by atoms with Gasteiger partial charge in [0.1, 0.15) is 0 Å². The van der Waals surface area contributed by atoms with Gasteiger partial charge >= 0.3 is 0 Å². The van der Waals surface area contributed by atoms with E-state index in [9.17, 15) is 0 Å². The number of rotatable bonds is 8. The van der Waals surface area contributed by atoms with E-state index in [0.29, 0.717) is 11.4 Å². The first-order valence-corrected chi connectivity index (χ1v) is 7.67. The summed E-state index contributed by atoms with van der Waals surface area (Å²) in [5, 5.41) is 5.28. The molecule has 0 atom stereocenters. The van der Waals surface area contributed by atoms with Gasteiger partial charge in [0.25, 0.3) is 0 Å². The molecule has 1 saturated carbocycles. The van der Waals surface area contributed by atoms with E-state index >= 15 is 0 Å². The van der Waals surface area contributed by atoms with E-state index in [1.54, 1.807) is 18.4 Å². The minimum Gasteiger partial charge on any atom is -0.385 e. The minimum atomic E-state index is 0. The van der Waals surface area contributed by atoms with Gasteiger partial charge in [-0.15, -0.1) is 35.3 Å². The van der Waals surface area contributed by atoms with E-state index in [4.69, 9.17) is 10.5 Å². The molecule has 0 aromatic carbocycles. The van der Waals surface area contributed by atoms with E-state index in [-0.39, 0.29) is 24.0 Å². The lowest BCUT2D eigenvalue weighted by molar-refractivity contribution is 0.174. The van der Waals surface area contributed by atoms with Crippen molar-refractivity contribution in [1.29, 1.82) is 0 Å². The summed E-state index contributed by atoms with van der Waals surface area (Å²) < 4.78 is 5.14. The number of nitrogens with two attached hydrogens (primary N) is 1. The molecular weight excluding hydrogens is 385 g/mol. The zero-order chi connectivity index (χ0) is 13.6. The monoisotopic (exact) mass is 409 g/mol. The molecule has 3 N–H and O–H groups in total. The first kappa shape index (κ1) is 17.7. The highest BCUT2D eigenvalue weighted by Crippen LogP contribution is 2.48. The Balaban J connectivity index is 0.00000200. The summed E-state index contributed by atoms with van der Waals surface area (Å²) >= 11 is 1.78. The molecule has 1 fully saturated rings. The Morgan fingerprint density at radius 1 is 1.55 bits per heavy atom. The van der Waals surface area contributed by atoms with Crippen LogP contribution in [0.1, 0.15) is 24.1 Å². The van der Waals surface area contributed by atoms with Crippen LogP contribution in [0.3, 0.4) is 0 Å². The minimum absolute atomic E-state index is 0. The molecule has 0 unspecified atom stereocenters. The second kappa shape index (κ2) is 8.84. The summed E-state index contributed by atoms with van der Waals surface area (Å²) in [7, 11) is 1.75. The summed E-state index contributed by atoms with van der Waals surface area (Å²) in [6, 6.07) is 4.22. The Morgan fingerprint density at radius 2 is 2.35 bits per heavy atom. The lowest BCUT2D eigenvalue weighted by atomic mass is 10.0. The molecule has 1 aliphatic rings. The van der Waals surface area contributed by atoms with Gasteiger partial charge in [0, 0.05) is 31.7 Å². The standard InChI is InChI=1S/C14H23N3OS.HI/c1-18-9-7-14(5-6-14)11-17-13(15)16-8-4-12-3-2-10-19-12;/h2-3,10H,4-9,11H2,1H3,(H3,15,16,17);1H. The maximum absolute atomic E-state index is 5.89. The van der Waals surface area contributed by atoms with Crippen molar-refractivity contribution in [2.45, 2.75) is 25.7 Å². The first-order chi connectivity index (χ1) is 9.24. The lowest BCUT2D eigenvalue weighted by Crippen LogP contribution is -2.33. The zero-order valence-electron chi connectivity index (χ0n) is 11.9. The fourth-order valence-corrected chi connectivity index (χ4v) is 2.77. The second-order valence-electron chi connectivity index (χ2n) is 5.20. The summed E-state index contributed by atoms with van der Waals surface area (Å²) in [6.07, 6.45) is 4.60. The van der Waals surface area contributed by atoms with Crippen LogP contribution >= 0.6 is 35.3 Å². The maximum atomic E-state index is 5.89. The van der Waals surface area contributed by atoms with Gasteiger partial charge in [0.2, 0.25) is 0 Å². The molecule has 0 aliphatic heterocycles. The number of nitrogens with one attached hydrogen (secondary N) is 1. The Kier molecular flexibility index (Phi) is 7.83. The molecule has 1 aliphatic carbocycles. The van der Waals surface area contributed by atoms with Gasteiger partial charge in [-0.05, 0) is 42.5 Å². The van der Waals surface area contributed by atoms with Gasteiger partial charge in [0.15, 0.2) is 5.96 Å². The predicted molar refractivity (Wildman–Crippen MR) is 96.1 cm³/mol. The van der Waals surface area contributed by atoms with Crippen molar-refractivity contribution >= 4 is 41.3 Å². The largest absolute Gasteiger partial charge is 0.385 e. The number of guanidine groups is 1. The number of hydrogen-bond donors (Lipinski definition) is 2.